The van der Waals surface area contributed by atoms with E-state index >= 15 is 0 Å². The van der Waals surface area contributed by atoms with Gasteiger partial charge in [-0.25, -0.2) is 0 Å². The van der Waals surface area contributed by atoms with Crippen molar-refractivity contribution in [2.75, 3.05) is 25.5 Å². The van der Waals surface area contributed by atoms with Crippen molar-refractivity contribution in [2.24, 2.45) is 17.1 Å². The van der Waals surface area contributed by atoms with Crippen LogP contribution in [0.25, 0.3) is 0 Å². The van der Waals surface area contributed by atoms with Gasteiger partial charge >= 0.3 is 0 Å². The lowest BCUT2D eigenvalue weighted by Gasteiger charge is -2.30. The Morgan fingerprint density at radius 3 is 2.39 bits per heavy atom. The van der Waals surface area contributed by atoms with Crippen molar-refractivity contribution >= 4 is 5.95 Å². The zero-order chi connectivity index (χ0) is 13.8. The van der Waals surface area contributed by atoms with Crippen LogP contribution in [-0.4, -0.2) is 30.8 Å². The summed E-state index contributed by atoms with van der Waals surface area (Å²) < 4.78 is 5.23. The molecule has 0 saturated carbocycles. The Balaban J connectivity index is 2.56. The van der Waals surface area contributed by atoms with Crippen molar-refractivity contribution in [3.63, 3.8) is 0 Å². The molecule has 0 bridgehead atoms. The van der Waals surface area contributed by atoms with Gasteiger partial charge in [0.15, 0.2) is 0 Å². The van der Waals surface area contributed by atoms with E-state index in [2.05, 4.69) is 30.9 Å². The fourth-order valence-corrected chi connectivity index (χ4v) is 2.04. The van der Waals surface area contributed by atoms with E-state index in [1.165, 1.54) is 0 Å². The van der Waals surface area contributed by atoms with Crippen LogP contribution in [0.15, 0.2) is 4.52 Å². The average Bonchev–Trinajstić information content (AvgIpc) is 2.71. The predicted molar refractivity (Wildman–Crippen MR) is 73.6 cm³/mol. The second-order valence-electron chi connectivity index (χ2n) is 6.06. The molecule has 0 saturated heterocycles. The van der Waals surface area contributed by atoms with E-state index in [4.69, 9.17) is 10.3 Å². The van der Waals surface area contributed by atoms with Gasteiger partial charge in [0, 0.05) is 20.5 Å². The Morgan fingerprint density at radius 1 is 1.28 bits per heavy atom. The molecular formula is C13H26N4O. The molecule has 0 radical (unpaired) electrons. The second kappa shape index (κ2) is 6.18. The van der Waals surface area contributed by atoms with Crippen LogP contribution in [0.1, 0.15) is 39.5 Å². The summed E-state index contributed by atoms with van der Waals surface area (Å²) in [6.45, 7) is 7.50. The first-order chi connectivity index (χ1) is 8.34. The Morgan fingerprint density at radius 2 is 1.94 bits per heavy atom. The molecule has 2 N–H and O–H groups in total. The number of nitrogens with zero attached hydrogens (tertiary/aromatic N) is 3. The van der Waals surface area contributed by atoms with Gasteiger partial charge in [0.2, 0.25) is 5.89 Å². The molecule has 0 amide bonds. The van der Waals surface area contributed by atoms with Crippen LogP contribution >= 0.6 is 0 Å². The van der Waals surface area contributed by atoms with Gasteiger partial charge in [0.05, 0.1) is 0 Å². The monoisotopic (exact) mass is 254 g/mol. The van der Waals surface area contributed by atoms with Crippen molar-refractivity contribution in [1.82, 2.24) is 10.1 Å². The third kappa shape index (κ3) is 4.29. The van der Waals surface area contributed by atoms with Gasteiger partial charge in [-0.2, -0.15) is 4.98 Å². The first-order valence-corrected chi connectivity index (χ1v) is 6.54. The quantitative estimate of drug-likeness (QED) is 0.841. The molecule has 1 aromatic rings. The Hall–Kier alpha value is -1.10. The molecule has 1 aromatic heterocycles. The van der Waals surface area contributed by atoms with E-state index in [-0.39, 0.29) is 5.41 Å². The molecule has 1 rings (SSSR count). The lowest BCUT2D eigenvalue weighted by molar-refractivity contribution is 0.208. The Labute approximate surface area is 110 Å². The molecule has 5 heteroatoms. The van der Waals surface area contributed by atoms with E-state index in [1.807, 2.05) is 19.0 Å². The third-order valence-corrected chi connectivity index (χ3v) is 3.30. The van der Waals surface area contributed by atoms with Crippen LogP contribution in [0.5, 0.6) is 0 Å². The lowest BCUT2D eigenvalue weighted by Crippen LogP contribution is -2.24. The van der Waals surface area contributed by atoms with Gasteiger partial charge in [0.25, 0.3) is 5.95 Å². The maximum atomic E-state index is 5.68. The number of aromatic nitrogens is 2. The van der Waals surface area contributed by atoms with E-state index in [0.29, 0.717) is 17.8 Å². The lowest BCUT2D eigenvalue weighted by atomic mass is 9.76. The smallest absolute Gasteiger partial charge is 0.265 e. The van der Waals surface area contributed by atoms with Crippen molar-refractivity contribution in [3.05, 3.63) is 5.89 Å². The van der Waals surface area contributed by atoms with Crippen molar-refractivity contribution in [1.29, 1.82) is 0 Å². The summed E-state index contributed by atoms with van der Waals surface area (Å²) in [6.07, 6.45) is 2.90. The molecule has 0 aliphatic heterocycles. The molecule has 0 fully saturated rings. The Kier molecular flexibility index (Phi) is 5.14. The maximum absolute atomic E-state index is 5.68. The highest BCUT2D eigenvalue weighted by molar-refractivity contribution is 5.23. The summed E-state index contributed by atoms with van der Waals surface area (Å²) in [5.41, 5.74) is 5.95. The van der Waals surface area contributed by atoms with Gasteiger partial charge in [-0.1, -0.05) is 20.8 Å². The molecule has 104 valence electrons. The molecule has 1 heterocycles. The van der Waals surface area contributed by atoms with E-state index in [9.17, 15) is 0 Å². The maximum Gasteiger partial charge on any atom is 0.265 e. The number of anilines is 1. The molecule has 0 aliphatic carbocycles. The molecular weight excluding hydrogens is 228 g/mol. The van der Waals surface area contributed by atoms with Crippen LogP contribution in [-0.2, 0) is 6.42 Å². The second-order valence-corrected chi connectivity index (χ2v) is 6.06. The zero-order valence-corrected chi connectivity index (χ0v) is 12.2. The van der Waals surface area contributed by atoms with Crippen LogP contribution in [0.2, 0.25) is 0 Å². The van der Waals surface area contributed by atoms with Crippen molar-refractivity contribution in [2.45, 2.75) is 40.0 Å². The minimum Gasteiger partial charge on any atom is -0.344 e. The van der Waals surface area contributed by atoms with Crippen LogP contribution < -0.4 is 10.6 Å². The first-order valence-electron chi connectivity index (χ1n) is 6.54. The standard InChI is InChI=1S/C13H26N4O/c1-13(2,3)10(8-9-14)6-7-11-15-12(16-18-11)17(4)5/h10H,6-9,14H2,1-5H3. The summed E-state index contributed by atoms with van der Waals surface area (Å²) in [5.74, 6) is 1.93. The normalized spacial score (nSPS) is 13.7. The molecule has 1 atom stereocenters. The SMILES string of the molecule is CN(C)c1noc(CCC(CCN)C(C)(C)C)n1. The minimum atomic E-state index is 0.268. The first kappa shape index (κ1) is 15.0. The molecule has 18 heavy (non-hydrogen) atoms. The highest BCUT2D eigenvalue weighted by atomic mass is 16.5. The summed E-state index contributed by atoms with van der Waals surface area (Å²) in [7, 11) is 3.81. The summed E-state index contributed by atoms with van der Waals surface area (Å²) in [6, 6.07) is 0. The minimum absolute atomic E-state index is 0.268. The van der Waals surface area contributed by atoms with Crippen LogP contribution in [0, 0.1) is 11.3 Å². The number of rotatable bonds is 6. The summed E-state index contributed by atoms with van der Waals surface area (Å²) in [4.78, 5) is 6.18. The third-order valence-electron chi connectivity index (χ3n) is 3.30. The Bertz CT molecular complexity index is 354. The molecule has 1 unspecified atom stereocenters. The predicted octanol–water partition coefficient (Wildman–Crippen LogP) is 2.08. The largest absolute Gasteiger partial charge is 0.344 e. The molecule has 0 aliphatic rings. The average molecular weight is 254 g/mol. The molecule has 0 spiro atoms. The highest BCUT2D eigenvalue weighted by Gasteiger charge is 2.24. The number of nitrogens with two attached hydrogens (primary N) is 1. The fraction of sp³-hybridized carbons (Fsp3) is 0.846. The van der Waals surface area contributed by atoms with Crippen molar-refractivity contribution < 1.29 is 4.52 Å². The summed E-state index contributed by atoms with van der Waals surface area (Å²) >= 11 is 0. The number of hydrogen-bond acceptors (Lipinski definition) is 5. The van der Waals surface area contributed by atoms with Crippen LogP contribution in [0.4, 0.5) is 5.95 Å². The van der Waals surface area contributed by atoms with Crippen LogP contribution in [0.3, 0.4) is 0 Å². The van der Waals surface area contributed by atoms with E-state index in [0.717, 1.165) is 25.8 Å². The van der Waals surface area contributed by atoms with Gasteiger partial charge in [-0.3, -0.25) is 0 Å². The fourth-order valence-electron chi connectivity index (χ4n) is 2.04. The number of aryl methyl sites for hydroxylation is 1. The summed E-state index contributed by atoms with van der Waals surface area (Å²) in [5, 5.41) is 3.92. The zero-order valence-electron chi connectivity index (χ0n) is 12.2. The highest BCUT2D eigenvalue weighted by Crippen LogP contribution is 2.32. The van der Waals surface area contributed by atoms with E-state index < -0.39 is 0 Å². The van der Waals surface area contributed by atoms with Gasteiger partial charge in [0.1, 0.15) is 0 Å². The van der Waals surface area contributed by atoms with E-state index in [1.54, 1.807) is 0 Å². The van der Waals surface area contributed by atoms with Gasteiger partial charge in [-0.15, -0.1) is 0 Å². The van der Waals surface area contributed by atoms with Crippen molar-refractivity contribution in [3.8, 4) is 0 Å². The topological polar surface area (TPSA) is 68.2 Å². The van der Waals surface area contributed by atoms with Gasteiger partial charge < -0.3 is 15.2 Å². The van der Waals surface area contributed by atoms with Gasteiger partial charge in [-0.05, 0) is 35.9 Å². The molecule has 5 nitrogen and oxygen atoms in total. The molecule has 0 aromatic carbocycles. The number of hydrogen-bond donors (Lipinski definition) is 1.